The van der Waals surface area contributed by atoms with Crippen LogP contribution in [0.25, 0.3) is 0 Å². The van der Waals surface area contributed by atoms with Crippen molar-refractivity contribution in [3.8, 4) is 0 Å². The molecule has 1 aliphatic heterocycles. The van der Waals surface area contributed by atoms with Gasteiger partial charge >= 0.3 is 5.97 Å². The van der Waals surface area contributed by atoms with Gasteiger partial charge in [-0.3, -0.25) is 14.4 Å². The number of hydrazone groups is 1. The molecule has 0 bridgehead atoms. The van der Waals surface area contributed by atoms with Gasteiger partial charge in [-0.1, -0.05) is 60.7 Å². The van der Waals surface area contributed by atoms with Crippen LogP contribution in [-0.4, -0.2) is 48.6 Å². The average Bonchev–Trinajstić information content (AvgIpc) is 3.33. The van der Waals surface area contributed by atoms with E-state index in [1.807, 2.05) is 67.6 Å². The topological polar surface area (TPSA) is 101 Å². The number of rotatable bonds is 6. The summed E-state index contributed by atoms with van der Waals surface area (Å²) in [4.78, 5) is 40.4. The zero-order valence-electron chi connectivity index (χ0n) is 22.3. The molecule has 2 heterocycles. The van der Waals surface area contributed by atoms with Crippen molar-refractivity contribution in [1.82, 2.24) is 10.3 Å². The molecule has 3 aromatic rings. The predicted octanol–water partition coefficient (Wildman–Crippen LogP) is 4.60. The van der Waals surface area contributed by atoms with Gasteiger partial charge in [0.25, 0.3) is 11.8 Å². The van der Waals surface area contributed by atoms with Gasteiger partial charge in [0.15, 0.2) is 5.76 Å². The van der Waals surface area contributed by atoms with Crippen molar-refractivity contribution >= 4 is 23.5 Å². The van der Waals surface area contributed by atoms with Crippen molar-refractivity contribution in [2.24, 2.45) is 11.0 Å². The number of piperidine rings is 1. The summed E-state index contributed by atoms with van der Waals surface area (Å²) in [5.41, 5.74) is 6.84. The lowest BCUT2D eigenvalue weighted by Gasteiger charge is -2.30. The molecule has 39 heavy (non-hydrogen) atoms. The second kappa shape index (κ2) is 11.7. The Morgan fingerprint density at radius 3 is 2.18 bits per heavy atom. The molecular weight excluding hydrogens is 494 g/mol. The van der Waals surface area contributed by atoms with Crippen molar-refractivity contribution < 1.29 is 23.5 Å². The number of nitrogens with zero attached hydrogens (tertiary/aromatic N) is 2. The van der Waals surface area contributed by atoms with Crippen LogP contribution < -0.4 is 5.43 Å². The molecule has 1 N–H and O–H groups in total. The number of ether oxygens (including phenoxy) is 1. The highest BCUT2D eigenvalue weighted by molar-refractivity contribution is 6.07. The van der Waals surface area contributed by atoms with Crippen molar-refractivity contribution in [1.29, 1.82) is 0 Å². The number of carbonyl (C=O) groups is 3. The zero-order valence-corrected chi connectivity index (χ0v) is 22.3. The second-order valence-electron chi connectivity index (χ2n) is 10.1. The van der Waals surface area contributed by atoms with Crippen molar-refractivity contribution in [3.63, 3.8) is 0 Å². The SMILES string of the molecule is COC(=O)C1CCN(C(=O)c2oc3c(c2C)/C(=N/NC(=O)C(c2ccccc2)c2ccccc2)CCC3)CC1. The van der Waals surface area contributed by atoms with E-state index in [1.165, 1.54) is 7.11 Å². The number of hydrogen-bond donors (Lipinski definition) is 1. The fourth-order valence-electron chi connectivity index (χ4n) is 5.59. The molecule has 0 radical (unpaired) electrons. The van der Waals surface area contributed by atoms with E-state index >= 15 is 0 Å². The molecule has 1 aromatic heterocycles. The Morgan fingerprint density at radius 2 is 1.59 bits per heavy atom. The molecule has 0 unspecified atom stereocenters. The van der Waals surface area contributed by atoms with E-state index in [0.717, 1.165) is 34.4 Å². The van der Waals surface area contributed by atoms with Gasteiger partial charge in [-0.2, -0.15) is 5.10 Å². The van der Waals surface area contributed by atoms with Gasteiger partial charge in [0.1, 0.15) is 5.76 Å². The Bertz CT molecular complexity index is 1330. The van der Waals surface area contributed by atoms with Gasteiger partial charge in [-0.05, 0) is 43.7 Å². The maximum atomic E-state index is 13.5. The molecule has 0 saturated carbocycles. The Morgan fingerprint density at radius 1 is 0.974 bits per heavy atom. The number of methoxy groups -OCH3 is 1. The van der Waals surface area contributed by atoms with Gasteiger partial charge in [0, 0.05) is 30.6 Å². The Labute approximate surface area is 228 Å². The fourth-order valence-corrected chi connectivity index (χ4v) is 5.59. The van der Waals surface area contributed by atoms with E-state index < -0.39 is 5.92 Å². The maximum Gasteiger partial charge on any atom is 0.308 e. The standard InChI is InChI=1S/C31H33N3O5/c1-20-26-24(32-33-29(35)27(21-10-5-3-6-11-21)22-12-7-4-8-13-22)14-9-15-25(26)39-28(20)30(36)34-18-16-23(17-19-34)31(37)38-2/h3-8,10-13,23,27H,9,14-19H2,1-2H3,(H,33,35)/b32-24+. The molecule has 2 amide bonds. The predicted molar refractivity (Wildman–Crippen MR) is 146 cm³/mol. The molecule has 8 heteroatoms. The van der Waals surface area contributed by atoms with Gasteiger partial charge < -0.3 is 14.1 Å². The van der Waals surface area contributed by atoms with Crippen LogP contribution in [0.4, 0.5) is 0 Å². The number of esters is 1. The van der Waals surface area contributed by atoms with E-state index in [-0.39, 0.29) is 23.7 Å². The van der Waals surface area contributed by atoms with Crippen molar-refractivity contribution in [2.75, 3.05) is 20.2 Å². The number of likely N-dealkylation sites (tertiary alicyclic amines) is 1. The van der Waals surface area contributed by atoms with Gasteiger partial charge in [0.2, 0.25) is 0 Å². The summed E-state index contributed by atoms with van der Waals surface area (Å²) in [6, 6.07) is 19.3. The summed E-state index contributed by atoms with van der Waals surface area (Å²) < 4.78 is 11.0. The highest BCUT2D eigenvalue weighted by Gasteiger charge is 2.33. The highest BCUT2D eigenvalue weighted by Crippen LogP contribution is 2.32. The Balaban J connectivity index is 1.36. The van der Waals surface area contributed by atoms with Gasteiger partial charge in [-0.25, -0.2) is 5.43 Å². The van der Waals surface area contributed by atoms with Crippen molar-refractivity contribution in [3.05, 3.63) is 94.4 Å². The van der Waals surface area contributed by atoms with E-state index in [4.69, 9.17) is 9.15 Å². The molecule has 2 aliphatic rings. The number of amides is 2. The summed E-state index contributed by atoms with van der Waals surface area (Å²) in [7, 11) is 1.39. The Hall–Kier alpha value is -4.20. The third kappa shape index (κ3) is 5.50. The molecule has 1 saturated heterocycles. The zero-order chi connectivity index (χ0) is 27.4. The maximum absolute atomic E-state index is 13.5. The minimum absolute atomic E-state index is 0.178. The monoisotopic (exact) mass is 527 g/mol. The summed E-state index contributed by atoms with van der Waals surface area (Å²) >= 11 is 0. The number of nitrogens with one attached hydrogen (secondary N) is 1. The Kier molecular flexibility index (Phi) is 7.91. The first kappa shape index (κ1) is 26.4. The first-order valence-corrected chi connectivity index (χ1v) is 13.4. The number of furan rings is 1. The van der Waals surface area contributed by atoms with Crippen LogP contribution in [0.3, 0.4) is 0 Å². The molecule has 1 aliphatic carbocycles. The second-order valence-corrected chi connectivity index (χ2v) is 10.1. The highest BCUT2D eigenvalue weighted by atomic mass is 16.5. The summed E-state index contributed by atoms with van der Waals surface area (Å²) in [5.74, 6) is -0.277. The minimum Gasteiger partial charge on any atom is -0.469 e. The molecule has 0 spiro atoms. The molecule has 1 fully saturated rings. The van der Waals surface area contributed by atoms with Crippen LogP contribution in [0, 0.1) is 12.8 Å². The van der Waals surface area contributed by atoms with Crippen LogP contribution in [-0.2, 0) is 20.7 Å². The van der Waals surface area contributed by atoms with Gasteiger partial charge in [-0.15, -0.1) is 0 Å². The molecule has 2 aromatic carbocycles. The number of hydrogen-bond acceptors (Lipinski definition) is 6. The summed E-state index contributed by atoms with van der Waals surface area (Å²) in [6.07, 6.45) is 3.33. The largest absolute Gasteiger partial charge is 0.469 e. The lowest BCUT2D eigenvalue weighted by Crippen LogP contribution is -2.40. The fraction of sp³-hybridized carbons (Fsp3) is 0.355. The first-order valence-electron chi connectivity index (χ1n) is 13.4. The molecule has 0 atom stereocenters. The van der Waals surface area contributed by atoms with Crippen LogP contribution in [0.1, 0.15) is 70.2 Å². The third-order valence-corrected chi connectivity index (χ3v) is 7.67. The number of benzene rings is 2. The summed E-state index contributed by atoms with van der Waals surface area (Å²) in [6.45, 7) is 2.82. The number of aryl methyl sites for hydroxylation is 1. The molecule has 5 rings (SSSR count). The normalized spacial score (nSPS) is 16.7. The molecule has 8 nitrogen and oxygen atoms in total. The van der Waals surface area contributed by atoms with E-state index in [9.17, 15) is 14.4 Å². The van der Waals surface area contributed by atoms with Gasteiger partial charge in [0.05, 0.1) is 24.7 Å². The molecule has 202 valence electrons. The third-order valence-electron chi connectivity index (χ3n) is 7.67. The van der Waals surface area contributed by atoms with Crippen LogP contribution in [0.5, 0.6) is 0 Å². The lowest BCUT2D eigenvalue weighted by molar-refractivity contribution is -0.146. The van der Waals surface area contributed by atoms with Crippen LogP contribution in [0.2, 0.25) is 0 Å². The minimum atomic E-state index is -0.504. The van der Waals surface area contributed by atoms with E-state index in [2.05, 4.69) is 10.5 Å². The molecular formula is C31H33N3O5. The average molecular weight is 528 g/mol. The quantitative estimate of drug-likeness (QED) is 0.373. The smallest absolute Gasteiger partial charge is 0.308 e. The lowest BCUT2D eigenvalue weighted by atomic mass is 9.90. The van der Waals surface area contributed by atoms with Crippen LogP contribution >= 0.6 is 0 Å². The first-order chi connectivity index (χ1) is 19.0. The number of carbonyl (C=O) groups excluding carboxylic acids is 3. The summed E-state index contributed by atoms with van der Waals surface area (Å²) in [5, 5.41) is 4.56. The van der Waals surface area contributed by atoms with E-state index in [0.29, 0.717) is 50.2 Å². The van der Waals surface area contributed by atoms with Crippen LogP contribution in [0.15, 0.2) is 70.2 Å². The number of fused-ring (bicyclic) bond motifs is 1. The van der Waals surface area contributed by atoms with E-state index in [1.54, 1.807) is 4.90 Å². The van der Waals surface area contributed by atoms with Crippen molar-refractivity contribution in [2.45, 2.75) is 44.9 Å².